The molecule has 2 aliphatic rings. The third-order valence-electron chi connectivity index (χ3n) is 7.81. The van der Waals surface area contributed by atoms with Crippen molar-refractivity contribution in [1.82, 2.24) is 20.5 Å². The number of carbonyl (C=O) groups excluding carboxylic acids is 3. The minimum atomic E-state index is -0.284. The lowest BCUT2D eigenvalue weighted by Crippen LogP contribution is -2.43. The van der Waals surface area contributed by atoms with Crippen molar-refractivity contribution in [2.75, 3.05) is 26.2 Å². The second-order valence-electron chi connectivity index (χ2n) is 10.8. The first kappa shape index (κ1) is 27.0. The zero-order chi connectivity index (χ0) is 26.2. The van der Waals surface area contributed by atoms with E-state index in [1.807, 2.05) is 19.9 Å². The van der Waals surface area contributed by atoms with Crippen molar-refractivity contribution in [2.45, 2.75) is 64.8 Å². The number of aromatic nitrogens is 1. The van der Waals surface area contributed by atoms with Gasteiger partial charge in [-0.1, -0.05) is 26.0 Å². The van der Waals surface area contributed by atoms with Gasteiger partial charge in [0.25, 0.3) is 5.91 Å². The summed E-state index contributed by atoms with van der Waals surface area (Å²) in [5.41, 5.74) is 4.02. The Balaban J connectivity index is 1.14. The molecule has 1 aromatic carbocycles. The SMILES string of the molecule is CC(C)C(=O)c1ccc2c(c1)CCN(CCC1CCC(NC(=O)CNC(=O)c3cccnc3)CC1)CC2. The molecule has 2 aromatic rings. The number of carbonyl (C=O) groups is 3. The summed E-state index contributed by atoms with van der Waals surface area (Å²) >= 11 is 0. The average Bonchev–Trinajstić information content (AvgIpc) is 3.13. The number of Topliss-reactive ketones (excluding diaryl/α,β-unsaturated/α-hetero) is 1. The van der Waals surface area contributed by atoms with Crippen molar-refractivity contribution in [3.63, 3.8) is 0 Å². The van der Waals surface area contributed by atoms with Crippen LogP contribution in [0.2, 0.25) is 0 Å². The van der Waals surface area contributed by atoms with Gasteiger partial charge in [-0.05, 0) is 86.7 Å². The van der Waals surface area contributed by atoms with Crippen LogP contribution < -0.4 is 10.6 Å². The maximum Gasteiger partial charge on any atom is 0.253 e. The van der Waals surface area contributed by atoms with Gasteiger partial charge in [0.05, 0.1) is 12.1 Å². The largest absolute Gasteiger partial charge is 0.352 e. The van der Waals surface area contributed by atoms with Crippen molar-refractivity contribution >= 4 is 17.6 Å². The zero-order valence-electron chi connectivity index (χ0n) is 22.2. The highest BCUT2D eigenvalue weighted by molar-refractivity contribution is 5.97. The maximum atomic E-state index is 12.4. The Morgan fingerprint density at radius 1 is 1.00 bits per heavy atom. The number of pyridine rings is 1. The Labute approximate surface area is 220 Å². The molecular weight excluding hydrogens is 464 g/mol. The fraction of sp³-hybridized carbons (Fsp3) is 0.533. The molecule has 0 atom stereocenters. The number of amides is 2. The first-order valence-corrected chi connectivity index (χ1v) is 13.7. The molecule has 198 valence electrons. The molecule has 7 nitrogen and oxygen atoms in total. The van der Waals surface area contributed by atoms with Gasteiger partial charge in [0.15, 0.2) is 5.78 Å². The first-order valence-electron chi connectivity index (χ1n) is 13.7. The second kappa shape index (κ2) is 13.0. The van der Waals surface area contributed by atoms with Crippen LogP contribution in [0.3, 0.4) is 0 Å². The smallest absolute Gasteiger partial charge is 0.253 e. The molecule has 0 radical (unpaired) electrons. The number of benzene rings is 1. The van der Waals surface area contributed by atoms with E-state index in [0.717, 1.165) is 63.7 Å². The Hall–Kier alpha value is -3.06. The third-order valence-corrected chi connectivity index (χ3v) is 7.81. The number of hydrogen-bond donors (Lipinski definition) is 2. The third kappa shape index (κ3) is 7.71. The van der Waals surface area contributed by atoms with Crippen molar-refractivity contribution in [2.24, 2.45) is 11.8 Å². The highest BCUT2D eigenvalue weighted by Crippen LogP contribution is 2.28. The summed E-state index contributed by atoms with van der Waals surface area (Å²) in [5.74, 6) is 0.530. The number of nitrogens with one attached hydrogen (secondary N) is 2. The van der Waals surface area contributed by atoms with Crippen LogP contribution in [0.25, 0.3) is 0 Å². The molecule has 1 saturated carbocycles. The molecule has 1 aliphatic heterocycles. The predicted octanol–water partition coefficient (Wildman–Crippen LogP) is 3.82. The molecule has 2 heterocycles. The Morgan fingerprint density at radius 3 is 2.46 bits per heavy atom. The molecular formula is C30H40N4O3. The fourth-order valence-corrected chi connectivity index (χ4v) is 5.48. The standard InChI is InChI=1S/C30H40N4O3/c1-21(2)29(36)25-8-7-23-12-16-34(17-13-24(23)18-25)15-11-22-5-9-27(10-6-22)33-28(35)20-32-30(37)26-4-3-14-31-19-26/h3-4,7-8,14,18-19,21-22,27H,5-6,9-13,15-17,20H2,1-2H3,(H,32,37)(H,33,35). The highest BCUT2D eigenvalue weighted by atomic mass is 16.2. The van der Waals surface area contributed by atoms with Gasteiger partial charge < -0.3 is 15.5 Å². The van der Waals surface area contributed by atoms with Gasteiger partial charge in [0.2, 0.25) is 5.91 Å². The Morgan fingerprint density at radius 2 is 1.76 bits per heavy atom. The number of fused-ring (bicyclic) bond motifs is 1. The predicted molar refractivity (Wildman–Crippen MR) is 145 cm³/mol. The van der Waals surface area contributed by atoms with Gasteiger partial charge in [-0.2, -0.15) is 0 Å². The molecule has 0 spiro atoms. The maximum absolute atomic E-state index is 12.4. The lowest BCUT2D eigenvalue weighted by atomic mass is 9.84. The average molecular weight is 505 g/mol. The van der Waals surface area contributed by atoms with Gasteiger partial charge in [0, 0.05) is 43.0 Å². The van der Waals surface area contributed by atoms with E-state index in [2.05, 4.69) is 32.7 Å². The van der Waals surface area contributed by atoms with Crippen LogP contribution in [0.15, 0.2) is 42.7 Å². The summed E-state index contributed by atoms with van der Waals surface area (Å²) in [6, 6.07) is 9.86. The van der Waals surface area contributed by atoms with Crippen molar-refractivity contribution < 1.29 is 14.4 Å². The van der Waals surface area contributed by atoms with Crippen LogP contribution >= 0.6 is 0 Å². The zero-order valence-corrected chi connectivity index (χ0v) is 22.2. The van der Waals surface area contributed by atoms with E-state index >= 15 is 0 Å². The number of ketones is 1. The van der Waals surface area contributed by atoms with Crippen LogP contribution in [-0.2, 0) is 17.6 Å². The monoisotopic (exact) mass is 504 g/mol. The van der Waals surface area contributed by atoms with Crippen LogP contribution in [0.5, 0.6) is 0 Å². The minimum Gasteiger partial charge on any atom is -0.352 e. The first-order chi connectivity index (χ1) is 17.9. The topological polar surface area (TPSA) is 91.4 Å². The molecule has 37 heavy (non-hydrogen) atoms. The minimum absolute atomic E-state index is 0.0157. The second-order valence-corrected chi connectivity index (χ2v) is 10.8. The van der Waals surface area contributed by atoms with Crippen LogP contribution in [-0.4, -0.2) is 59.7 Å². The normalized spacial score (nSPS) is 20.1. The lowest BCUT2D eigenvalue weighted by molar-refractivity contribution is -0.121. The molecule has 1 fully saturated rings. The fourth-order valence-electron chi connectivity index (χ4n) is 5.48. The number of rotatable bonds is 9. The summed E-state index contributed by atoms with van der Waals surface area (Å²) in [6.45, 7) is 7.12. The molecule has 4 rings (SSSR count). The number of hydrogen-bond acceptors (Lipinski definition) is 5. The van der Waals surface area contributed by atoms with E-state index in [1.54, 1.807) is 18.3 Å². The van der Waals surface area contributed by atoms with E-state index < -0.39 is 0 Å². The van der Waals surface area contributed by atoms with Crippen LogP contribution in [0.1, 0.15) is 77.8 Å². The molecule has 1 aliphatic carbocycles. The van der Waals surface area contributed by atoms with Crippen molar-refractivity contribution in [1.29, 1.82) is 0 Å². The molecule has 7 heteroatoms. The summed E-state index contributed by atoms with van der Waals surface area (Å²) < 4.78 is 0. The molecule has 0 saturated heterocycles. The molecule has 0 bridgehead atoms. The highest BCUT2D eigenvalue weighted by Gasteiger charge is 2.24. The van der Waals surface area contributed by atoms with E-state index in [-0.39, 0.29) is 36.1 Å². The van der Waals surface area contributed by atoms with Gasteiger partial charge in [-0.25, -0.2) is 0 Å². The number of nitrogens with zero attached hydrogens (tertiary/aromatic N) is 2. The quantitative estimate of drug-likeness (QED) is 0.507. The summed E-state index contributed by atoms with van der Waals surface area (Å²) in [7, 11) is 0. The lowest BCUT2D eigenvalue weighted by Gasteiger charge is -2.30. The molecule has 2 N–H and O–H groups in total. The van der Waals surface area contributed by atoms with Gasteiger partial charge >= 0.3 is 0 Å². The van der Waals surface area contributed by atoms with E-state index in [4.69, 9.17) is 0 Å². The van der Waals surface area contributed by atoms with Crippen LogP contribution in [0.4, 0.5) is 0 Å². The summed E-state index contributed by atoms with van der Waals surface area (Å²) in [4.78, 5) is 43.3. The van der Waals surface area contributed by atoms with Crippen molar-refractivity contribution in [3.05, 3.63) is 65.0 Å². The Bertz CT molecular complexity index is 1080. The summed E-state index contributed by atoms with van der Waals surface area (Å²) in [5, 5.41) is 5.75. The van der Waals surface area contributed by atoms with E-state index in [1.165, 1.54) is 23.7 Å². The molecule has 1 aromatic heterocycles. The summed E-state index contributed by atoms with van der Waals surface area (Å²) in [6.07, 6.45) is 10.6. The van der Waals surface area contributed by atoms with Gasteiger partial charge in [-0.3, -0.25) is 19.4 Å². The van der Waals surface area contributed by atoms with Crippen LogP contribution in [0, 0.1) is 11.8 Å². The molecule has 2 amide bonds. The Kier molecular flexibility index (Phi) is 9.45. The van der Waals surface area contributed by atoms with E-state index in [9.17, 15) is 14.4 Å². The van der Waals surface area contributed by atoms with Crippen molar-refractivity contribution in [3.8, 4) is 0 Å². The molecule has 0 unspecified atom stereocenters. The van der Waals surface area contributed by atoms with Gasteiger partial charge in [-0.15, -0.1) is 0 Å². The van der Waals surface area contributed by atoms with E-state index in [0.29, 0.717) is 11.5 Å². The van der Waals surface area contributed by atoms with Gasteiger partial charge in [0.1, 0.15) is 0 Å².